The molecule has 27 aromatic rings. The zero-order valence-electron chi connectivity index (χ0n) is 71.6. The van der Waals surface area contributed by atoms with E-state index in [0.29, 0.717) is 0 Å². The lowest BCUT2D eigenvalue weighted by molar-refractivity contribution is 1.24. The highest BCUT2D eigenvalue weighted by atomic mass is 35.5. The Labute approximate surface area is 824 Å². The van der Waals surface area contributed by atoms with Gasteiger partial charge >= 0.3 is 0 Å². The van der Waals surface area contributed by atoms with Crippen molar-refractivity contribution in [3.63, 3.8) is 0 Å². The first-order valence-electron chi connectivity index (χ1n) is 43.7. The van der Waals surface area contributed by atoms with Crippen LogP contribution in [0.15, 0.2) is 406 Å². The Hall–Kier alpha value is -14.5. The first-order chi connectivity index (χ1) is 66.9. The van der Waals surface area contributed by atoms with Crippen LogP contribution in [0, 0.1) is 0 Å². The number of hydrogen-bond donors (Lipinski definition) is 0. The van der Waals surface area contributed by atoms with E-state index in [1.165, 1.54) is 99.6 Å². The molecule has 0 atom stereocenters. The van der Waals surface area contributed by atoms with Gasteiger partial charge in [-0.15, -0.1) is 56.7 Å². The van der Waals surface area contributed by atoms with E-state index in [1.807, 2.05) is 60.7 Å². The average molecular weight is 1940 g/mol. The van der Waals surface area contributed by atoms with E-state index in [0.717, 1.165) is 135 Å². The molecule has 0 N–H and O–H groups in total. The maximum atomic E-state index is 6.40. The van der Waals surface area contributed by atoms with Crippen molar-refractivity contribution in [2.24, 2.45) is 0 Å². The highest BCUT2D eigenvalue weighted by Gasteiger charge is 2.24. The molecule has 27 rings (SSSR count). The lowest BCUT2D eigenvalue weighted by atomic mass is 9.94. The summed E-state index contributed by atoms with van der Waals surface area (Å²) in [7, 11) is 0. The molecule has 0 aliphatic rings. The van der Waals surface area contributed by atoms with Crippen LogP contribution in [0.1, 0.15) is 0 Å². The van der Waals surface area contributed by atoms with Gasteiger partial charge in [0.1, 0.15) is 24.2 Å². The van der Waals surface area contributed by atoms with E-state index in [-0.39, 0.29) is 26.4 Å². The molecule has 10 nitrogen and oxygen atoms in total. The molecule has 10 heterocycles. The summed E-state index contributed by atoms with van der Waals surface area (Å²) in [6.45, 7) is 0. The van der Waals surface area contributed by atoms with Gasteiger partial charge in [0.25, 0.3) is 0 Å². The Balaban J connectivity index is 0.0000000960. The van der Waals surface area contributed by atoms with Gasteiger partial charge < -0.3 is 0 Å². The minimum absolute atomic E-state index is 0.269. The van der Waals surface area contributed by atoms with Crippen LogP contribution in [-0.2, 0) is 0 Å². The first kappa shape index (κ1) is 85.6. The third-order valence-corrected chi connectivity index (χ3v) is 30.2. The van der Waals surface area contributed by atoms with E-state index in [2.05, 4.69) is 391 Å². The number of hydrogen-bond acceptors (Lipinski definition) is 15. The molecule has 646 valence electrons. The number of rotatable bonds is 9. The van der Waals surface area contributed by atoms with Crippen LogP contribution in [0.5, 0.6) is 0 Å². The lowest BCUT2D eigenvalue weighted by Gasteiger charge is -2.12. The van der Waals surface area contributed by atoms with E-state index in [9.17, 15) is 0 Å². The maximum absolute atomic E-state index is 6.40. The van der Waals surface area contributed by atoms with Crippen molar-refractivity contribution in [3.8, 4) is 101 Å². The van der Waals surface area contributed by atoms with Gasteiger partial charge in [0, 0.05) is 105 Å². The van der Waals surface area contributed by atoms with Gasteiger partial charge in [-0.2, -0.15) is 0 Å². The third kappa shape index (κ3) is 17.0. The van der Waals surface area contributed by atoms with Crippen LogP contribution in [0.2, 0.25) is 26.4 Å². The second-order valence-corrected chi connectivity index (χ2v) is 39.1. The van der Waals surface area contributed by atoms with Gasteiger partial charge in [-0.3, -0.25) is 0 Å². The van der Waals surface area contributed by atoms with Crippen LogP contribution in [0.4, 0.5) is 0 Å². The number of thiophene rings is 5. The van der Waals surface area contributed by atoms with Crippen molar-refractivity contribution in [2.45, 2.75) is 0 Å². The molecule has 17 aromatic carbocycles. The molecule has 0 bridgehead atoms. The fraction of sp³-hybridized carbons (Fsp3) is 0. The molecule has 0 aliphatic heterocycles. The molecule has 0 saturated heterocycles. The summed E-state index contributed by atoms with van der Waals surface area (Å²) in [6, 6.07) is 141. The molecule has 0 saturated carbocycles. The van der Waals surface area contributed by atoms with Crippen molar-refractivity contribution in [3.05, 3.63) is 433 Å². The van der Waals surface area contributed by atoms with Gasteiger partial charge in [0.15, 0.2) is 0 Å². The fourth-order valence-corrected chi connectivity index (χ4v) is 24.4. The summed E-state index contributed by atoms with van der Waals surface area (Å²) in [5.41, 5.74) is 19.1. The summed E-state index contributed by atoms with van der Waals surface area (Å²) in [5, 5.41) is 19.9. The van der Waals surface area contributed by atoms with Gasteiger partial charge in [0.2, 0.25) is 26.4 Å². The normalized spacial score (nSPS) is 11.4. The summed E-state index contributed by atoms with van der Waals surface area (Å²) in [6.07, 6.45) is 0. The van der Waals surface area contributed by atoms with Crippen molar-refractivity contribution >= 4 is 249 Å². The van der Waals surface area contributed by atoms with Crippen molar-refractivity contribution < 1.29 is 0 Å². The number of benzene rings is 17. The van der Waals surface area contributed by atoms with E-state index < -0.39 is 0 Å². The van der Waals surface area contributed by atoms with Crippen LogP contribution >= 0.6 is 115 Å². The quantitative estimate of drug-likeness (QED) is 0.129. The summed E-state index contributed by atoms with van der Waals surface area (Å²) >= 11 is 39.6. The zero-order valence-corrected chi connectivity index (χ0v) is 79.4. The Morgan fingerprint density at radius 3 is 0.787 bits per heavy atom. The molecule has 0 radical (unpaired) electrons. The highest BCUT2D eigenvalue weighted by Crippen LogP contribution is 2.48. The second-order valence-electron chi connectivity index (χ2n) is 32.3. The minimum atomic E-state index is 0.269. The van der Waals surface area contributed by atoms with E-state index in [1.54, 1.807) is 56.7 Å². The van der Waals surface area contributed by atoms with Gasteiger partial charge in [-0.25, -0.2) is 49.8 Å². The zero-order chi connectivity index (χ0) is 91.3. The summed E-state index contributed by atoms with van der Waals surface area (Å²) in [4.78, 5) is 50.0. The largest absolute Gasteiger partial charge is 0.224 e. The number of fused-ring (bicyclic) bond motifs is 18. The predicted molar refractivity (Wildman–Crippen MR) is 581 cm³/mol. The Bertz CT molecular complexity index is 9210. The second kappa shape index (κ2) is 37.4. The molecular weight excluding hydrogens is 1870 g/mol. The topological polar surface area (TPSA) is 129 Å². The van der Waals surface area contributed by atoms with Crippen molar-refractivity contribution in [2.75, 3.05) is 0 Å². The smallest absolute Gasteiger partial charge is 0.217 e. The third-order valence-electron chi connectivity index (χ3n) is 24.1. The van der Waals surface area contributed by atoms with E-state index in [4.69, 9.17) is 63.0 Å². The molecule has 136 heavy (non-hydrogen) atoms. The van der Waals surface area contributed by atoms with Gasteiger partial charge in [-0.05, 0) is 189 Å². The van der Waals surface area contributed by atoms with Crippen LogP contribution in [0.3, 0.4) is 0 Å². The van der Waals surface area contributed by atoms with Crippen molar-refractivity contribution in [1.29, 1.82) is 0 Å². The molecule has 0 spiro atoms. The van der Waals surface area contributed by atoms with Gasteiger partial charge in [-0.1, -0.05) is 352 Å². The molecule has 0 aliphatic carbocycles. The molecule has 20 heteroatoms. The van der Waals surface area contributed by atoms with Crippen LogP contribution in [0.25, 0.3) is 235 Å². The standard InChI is InChI=1S/C28H17ClN2S.C26H15ClN2S.C22H13ClN2S.2C20H11ClN2S/c29-28-30-26(25-23-13-7-8-14-24(23)32-27(25)31-28)22-16-20(18-9-3-1-4-10-18)15-21(17-22)19-11-5-2-6-12-19;27-26-28-24(23-21-9-3-4-11-22(21)30-25(23)29-26)18-14-12-17(13-15-18)20-10-5-7-16-6-1-2-8-19(16)20;23-22-24-20(19-17-8-4-5-9-18(17)26-21(19)25-22)16-12-10-15(11-13-16)14-6-2-1-3-7-14;21-20-22-18(14-10-5-7-12-6-1-2-8-13(12)14)17-15-9-3-4-11-16(15)24-19(17)23-20;21-20-22-18(14-10-9-12-5-1-2-6-13(12)11-14)17-15-7-3-4-8-16(15)24-19(17)23-20/h1-17H;1-15H;1-13H;2*1-11H. The highest BCUT2D eigenvalue weighted by molar-refractivity contribution is 7.27. The molecule has 0 unspecified atom stereocenters. The molecule has 10 aromatic heterocycles. The minimum Gasteiger partial charge on any atom is -0.217 e. The molecular formula is C116H67Cl5N10S5. The SMILES string of the molecule is Clc1nc(-c2cc(-c3ccccc3)cc(-c3ccccc3)c2)c2c(n1)sc1ccccc12.Clc1nc(-c2ccc(-c3cccc4ccccc34)cc2)c2c(n1)sc1ccccc12.Clc1nc(-c2ccc(-c3ccccc3)cc2)c2c(n1)sc1ccccc12.Clc1nc(-c2ccc3ccccc3c2)c2c(n1)sc1ccccc12.Clc1nc(-c2cccc3ccccc23)c2c(n1)sc1ccccc12. The van der Waals surface area contributed by atoms with Crippen LogP contribution in [-0.4, -0.2) is 49.8 Å². The number of nitrogens with zero attached hydrogens (tertiary/aromatic N) is 10. The fourth-order valence-electron chi connectivity index (χ4n) is 17.9. The Morgan fingerprint density at radius 2 is 0.397 bits per heavy atom. The predicted octanol–water partition coefficient (Wildman–Crippen LogP) is 36.0. The lowest BCUT2D eigenvalue weighted by Crippen LogP contribution is -1.91. The summed E-state index contributed by atoms with van der Waals surface area (Å²) in [5.74, 6) is 0. The number of halogens is 5. The molecule has 0 amide bonds. The number of aromatic nitrogens is 10. The Morgan fingerprint density at radius 1 is 0.147 bits per heavy atom. The molecule has 0 fully saturated rings. The Kier molecular flexibility index (Phi) is 23.5. The summed E-state index contributed by atoms with van der Waals surface area (Å²) < 4.78 is 5.97. The van der Waals surface area contributed by atoms with E-state index >= 15 is 0 Å². The maximum Gasteiger partial charge on any atom is 0.224 e. The van der Waals surface area contributed by atoms with Gasteiger partial charge in [0.05, 0.1) is 28.5 Å². The average Bonchev–Trinajstić information content (AvgIpc) is 1.61. The first-order valence-corrected chi connectivity index (χ1v) is 49.6. The van der Waals surface area contributed by atoms with Crippen molar-refractivity contribution in [1.82, 2.24) is 49.8 Å². The monoisotopic (exact) mass is 1930 g/mol. The van der Waals surface area contributed by atoms with Crippen LogP contribution < -0.4 is 0 Å².